The summed E-state index contributed by atoms with van der Waals surface area (Å²) in [4.78, 5) is 15.0. The van der Waals surface area contributed by atoms with Crippen LogP contribution in [0.1, 0.15) is 52.9 Å². The van der Waals surface area contributed by atoms with E-state index in [1.165, 1.54) is 0 Å². The fourth-order valence-corrected chi connectivity index (χ4v) is 3.06. The predicted molar refractivity (Wildman–Crippen MR) is 82.5 cm³/mol. The quantitative estimate of drug-likeness (QED) is 0.781. The zero-order valence-corrected chi connectivity index (χ0v) is 13.7. The molecule has 1 aliphatic rings. The van der Waals surface area contributed by atoms with Crippen LogP contribution in [0.2, 0.25) is 0 Å². The number of ether oxygens (including phenoxy) is 1. The number of methoxy groups -OCH3 is 1. The number of hydrogen-bond acceptors (Lipinski definition) is 3. The lowest BCUT2D eigenvalue weighted by molar-refractivity contribution is -0.147. The van der Waals surface area contributed by atoms with E-state index in [0.29, 0.717) is 19.7 Å². The van der Waals surface area contributed by atoms with Crippen molar-refractivity contribution in [2.24, 2.45) is 17.1 Å². The van der Waals surface area contributed by atoms with Crippen LogP contribution in [0.5, 0.6) is 0 Å². The molecule has 0 aromatic heterocycles. The third-order valence-electron chi connectivity index (χ3n) is 5.00. The summed E-state index contributed by atoms with van der Waals surface area (Å²) < 4.78 is 5.16. The molecule has 0 aromatic carbocycles. The molecule has 0 saturated heterocycles. The molecule has 1 unspecified atom stereocenters. The minimum absolute atomic E-state index is 0.248. The van der Waals surface area contributed by atoms with Gasteiger partial charge in [0.15, 0.2) is 0 Å². The third-order valence-corrected chi connectivity index (χ3v) is 5.00. The van der Waals surface area contributed by atoms with Gasteiger partial charge in [-0.25, -0.2) is 0 Å². The van der Waals surface area contributed by atoms with Gasteiger partial charge in [0, 0.05) is 26.2 Å². The zero-order chi connectivity index (χ0) is 15.2. The number of amides is 1. The van der Waals surface area contributed by atoms with Crippen molar-refractivity contribution < 1.29 is 9.53 Å². The molecule has 4 nitrogen and oxygen atoms in total. The van der Waals surface area contributed by atoms with Crippen molar-refractivity contribution in [2.45, 2.75) is 58.9 Å². The van der Waals surface area contributed by atoms with Crippen LogP contribution in [0.3, 0.4) is 0 Å². The Morgan fingerprint density at radius 1 is 1.45 bits per heavy atom. The molecule has 2 N–H and O–H groups in total. The molecule has 0 spiro atoms. The molecule has 4 heteroatoms. The molecule has 1 atom stereocenters. The number of carbonyl (C=O) groups is 1. The second-order valence-corrected chi connectivity index (χ2v) is 6.42. The molecule has 0 radical (unpaired) electrons. The molecule has 0 heterocycles. The summed E-state index contributed by atoms with van der Waals surface area (Å²) in [6, 6.07) is 0.250. The highest BCUT2D eigenvalue weighted by Gasteiger charge is 2.42. The lowest BCUT2D eigenvalue weighted by Gasteiger charge is -2.42. The fourth-order valence-electron chi connectivity index (χ4n) is 3.06. The SMILES string of the molecule is CCC(C)N(CCOC)C(=O)C1(CN)CCC(C)CC1. The van der Waals surface area contributed by atoms with Gasteiger partial charge in [-0.1, -0.05) is 13.8 Å². The largest absolute Gasteiger partial charge is 0.383 e. The summed E-state index contributed by atoms with van der Waals surface area (Å²) in [5.41, 5.74) is 5.68. The van der Waals surface area contributed by atoms with Gasteiger partial charge < -0.3 is 15.4 Å². The zero-order valence-electron chi connectivity index (χ0n) is 13.7. The molecular formula is C16H32N2O2. The number of hydrogen-bond donors (Lipinski definition) is 1. The smallest absolute Gasteiger partial charge is 0.230 e. The fraction of sp³-hybridized carbons (Fsp3) is 0.938. The molecule has 118 valence electrons. The van der Waals surface area contributed by atoms with Crippen LogP contribution in [-0.2, 0) is 9.53 Å². The average Bonchev–Trinajstić information content (AvgIpc) is 2.48. The molecule has 0 aromatic rings. The van der Waals surface area contributed by atoms with Gasteiger partial charge in [0.1, 0.15) is 0 Å². The van der Waals surface area contributed by atoms with Crippen molar-refractivity contribution in [1.82, 2.24) is 4.90 Å². The Labute approximate surface area is 124 Å². The van der Waals surface area contributed by atoms with Crippen molar-refractivity contribution in [3.8, 4) is 0 Å². The molecule has 20 heavy (non-hydrogen) atoms. The molecule has 0 bridgehead atoms. The summed E-state index contributed by atoms with van der Waals surface area (Å²) in [6.07, 6.45) is 5.06. The molecule has 1 amide bonds. The highest BCUT2D eigenvalue weighted by atomic mass is 16.5. The first-order valence-corrected chi connectivity index (χ1v) is 8.00. The Hall–Kier alpha value is -0.610. The number of carbonyl (C=O) groups excluding carboxylic acids is 1. The first-order valence-electron chi connectivity index (χ1n) is 8.00. The van der Waals surface area contributed by atoms with E-state index in [0.717, 1.165) is 38.0 Å². The summed E-state index contributed by atoms with van der Waals surface area (Å²) in [5.74, 6) is 0.969. The van der Waals surface area contributed by atoms with Gasteiger partial charge in [-0.05, 0) is 44.9 Å². The van der Waals surface area contributed by atoms with Gasteiger partial charge in [0.2, 0.25) is 5.91 Å². The molecule has 0 aliphatic heterocycles. The van der Waals surface area contributed by atoms with E-state index in [2.05, 4.69) is 20.8 Å². The van der Waals surface area contributed by atoms with Crippen LogP contribution in [0.25, 0.3) is 0 Å². The van der Waals surface area contributed by atoms with Crippen molar-refractivity contribution in [2.75, 3.05) is 26.8 Å². The van der Waals surface area contributed by atoms with E-state index in [-0.39, 0.29) is 17.4 Å². The molecule has 1 rings (SSSR count). The Morgan fingerprint density at radius 2 is 2.05 bits per heavy atom. The van der Waals surface area contributed by atoms with Crippen LogP contribution in [0.4, 0.5) is 0 Å². The van der Waals surface area contributed by atoms with E-state index in [4.69, 9.17) is 10.5 Å². The number of nitrogens with zero attached hydrogens (tertiary/aromatic N) is 1. The summed E-state index contributed by atoms with van der Waals surface area (Å²) in [6.45, 7) is 8.23. The van der Waals surface area contributed by atoms with E-state index in [1.807, 2.05) is 4.90 Å². The average molecular weight is 284 g/mol. The Kier molecular flexibility index (Phi) is 6.96. The highest BCUT2D eigenvalue weighted by Crippen LogP contribution is 2.40. The van der Waals surface area contributed by atoms with Crippen LogP contribution in [0.15, 0.2) is 0 Å². The number of nitrogens with two attached hydrogens (primary N) is 1. The normalized spacial score (nSPS) is 28.1. The Bertz CT molecular complexity index is 299. The van der Waals surface area contributed by atoms with Gasteiger partial charge in [0.05, 0.1) is 12.0 Å². The van der Waals surface area contributed by atoms with Gasteiger partial charge in [-0.15, -0.1) is 0 Å². The van der Waals surface area contributed by atoms with Crippen molar-refractivity contribution in [1.29, 1.82) is 0 Å². The van der Waals surface area contributed by atoms with E-state index in [9.17, 15) is 4.79 Å². The third kappa shape index (κ3) is 3.95. The summed E-state index contributed by atoms with van der Waals surface area (Å²) in [7, 11) is 1.68. The molecule has 1 saturated carbocycles. The minimum atomic E-state index is -0.330. The van der Waals surface area contributed by atoms with E-state index in [1.54, 1.807) is 7.11 Å². The van der Waals surface area contributed by atoms with Crippen LogP contribution in [-0.4, -0.2) is 43.7 Å². The predicted octanol–water partition coefficient (Wildman–Crippen LogP) is 2.42. The lowest BCUT2D eigenvalue weighted by atomic mass is 9.69. The van der Waals surface area contributed by atoms with Gasteiger partial charge in [-0.3, -0.25) is 4.79 Å². The first-order chi connectivity index (χ1) is 9.50. The van der Waals surface area contributed by atoms with Crippen LogP contribution < -0.4 is 5.73 Å². The van der Waals surface area contributed by atoms with E-state index < -0.39 is 0 Å². The number of rotatable bonds is 7. The topological polar surface area (TPSA) is 55.6 Å². The monoisotopic (exact) mass is 284 g/mol. The van der Waals surface area contributed by atoms with Gasteiger partial charge >= 0.3 is 0 Å². The minimum Gasteiger partial charge on any atom is -0.383 e. The van der Waals surface area contributed by atoms with Crippen molar-refractivity contribution in [3.63, 3.8) is 0 Å². The second kappa shape index (κ2) is 7.99. The standard InChI is InChI=1S/C16H32N2O2/c1-5-14(3)18(10-11-20-4)15(19)16(12-17)8-6-13(2)7-9-16/h13-14H,5-12,17H2,1-4H3. The highest BCUT2D eigenvalue weighted by molar-refractivity contribution is 5.83. The lowest BCUT2D eigenvalue weighted by Crippen LogP contribution is -2.53. The van der Waals surface area contributed by atoms with Crippen molar-refractivity contribution >= 4 is 5.91 Å². The maximum Gasteiger partial charge on any atom is 0.230 e. The first kappa shape index (κ1) is 17.4. The van der Waals surface area contributed by atoms with Crippen LogP contribution >= 0.6 is 0 Å². The van der Waals surface area contributed by atoms with E-state index >= 15 is 0 Å². The maximum absolute atomic E-state index is 13.1. The molecule has 1 fully saturated rings. The Balaban J connectivity index is 2.84. The van der Waals surface area contributed by atoms with Gasteiger partial charge in [0.25, 0.3) is 0 Å². The maximum atomic E-state index is 13.1. The van der Waals surface area contributed by atoms with Crippen molar-refractivity contribution in [3.05, 3.63) is 0 Å². The Morgan fingerprint density at radius 3 is 2.50 bits per heavy atom. The summed E-state index contributed by atoms with van der Waals surface area (Å²) in [5, 5.41) is 0. The van der Waals surface area contributed by atoms with Crippen LogP contribution in [0, 0.1) is 11.3 Å². The second-order valence-electron chi connectivity index (χ2n) is 6.42. The molecular weight excluding hydrogens is 252 g/mol. The van der Waals surface area contributed by atoms with Gasteiger partial charge in [-0.2, -0.15) is 0 Å². The molecule has 1 aliphatic carbocycles. The summed E-state index contributed by atoms with van der Waals surface area (Å²) >= 11 is 0.